The first-order valence-corrected chi connectivity index (χ1v) is 9.04. The van der Waals surface area contributed by atoms with Crippen LogP contribution in [0.2, 0.25) is 0 Å². The Bertz CT molecular complexity index is 831. The van der Waals surface area contributed by atoms with Crippen LogP contribution in [-0.4, -0.2) is 43.9 Å². The van der Waals surface area contributed by atoms with Gasteiger partial charge >= 0.3 is 0 Å². The lowest BCUT2D eigenvalue weighted by Gasteiger charge is -2.29. The fourth-order valence-corrected chi connectivity index (χ4v) is 3.04. The van der Waals surface area contributed by atoms with Crippen molar-refractivity contribution >= 4 is 17.7 Å². The number of nitrogens with zero attached hydrogens (tertiary/aromatic N) is 1. The summed E-state index contributed by atoms with van der Waals surface area (Å²) in [6, 6.07) is 10.4. The highest BCUT2D eigenvalue weighted by Gasteiger charge is 2.16. The van der Waals surface area contributed by atoms with Crippen LogP contribution in [0, 0.1) is 11.6 Å². The molecule has 1 amide bonds. The molecule has 0 unspecified atom stereocenters. The molecule has 0 radical (unpaired) electrons. The van der Waals surface area contributed by atoms with Crippen LogP contribution in [0.25, 0.3) is 6.08 Å². The van der Waals surface area contributed by atoms with Gasteiger partial charge in [-0.05, 0) is 35.9 Å². The van der Waals surface area contributed by atoms with Crippen molar-refractivity contribution in [1.82, 2.24) is 5.32 Å². The second kappa shape index (κ2) is 9.43. The third-order valence-corrected chi connectivity index (χ3v) is 4.55. The monoisotopic (exact) mass is 388 g/mol. The Hall–Kier alpha value is -2.77. The highest BCUT2D eigenvalue weighted by Crippen LogP contribution is 2.22. The summed E-state index contributed by atoms with van der Waals surface area (Å²) in [4.78, 5) is 14.4. The van der Waals surface area contributed by atoms with Crippen LogP contribution in [0.15, 0.2) is 48.5 Å². The number of benzene rings is 2. The van der Waals surface area contributed by atoms with E-state index in [9.17, 15) is 18.7 Å². The maximum Gasteiger partial charge on any atom is 0.244 e. The number of nitrogens with one attached hydrogen (secondary N) is 1. The molecule has 5 nitrogen and oxygen atoms in total. The zero-order chi connectivity index (χ0) is 19.9. The second-order valence-corrected chi connectivity index (χ2v) is 6.41. The number of ether oxygens (including phenoxy) is 1. The molecule has 0 saturated carbocycles. The van der Waals surface area contributed by atoms with Crippen molar-refractivity contribution in [2.45, 2.75) is 6.04 Å². The number of carbonyl (C=O) groups excluding carboxylic acids is 1. The molecule has 1 saturated heterocycles. The molecular formula is C21H22F2N2O3. The molecule has 1 atom stereocenters. The fraction of sp³-hybridized carbons (Fsp3) is 0.286. The molecule has 1 fully saturated rings. The Morgan fingerprint density at radius 1 is 1.18 bits per heavy atom. The van der Waals surface area contributed by atoms with Gasteiger partial charge in [-0.1, -0.05) is 18.2 Å². The molecule has 3 rings (SSSR count). The molecule has 148 valence electrons. The van der Waals surface area contributed by atoms with E-state index < -0.39 is 23.6 Å². The molecule has 1 aliphatic rings. The predicted molar refractivity (Wildman–Crippen MR) is 103 cm³/mol. The average Bonchev–Trinajstić information content (AvgIpc) is 2.72. The van der Waals surface area contributed by atoms with Crippen molar-refractivity contribution in [3.05, 3.63) is 71.3 Å². The maximum absolute atomic E-state index is 13.6. The molecule has 2 aromatic rings. The lowest BCUT2D eigenvalue weighted by Crippen LogP contribution is -2.36. The van der Waals surface area contributed by atoms with Gasteiger partial charge in [0.1, 0.15) is 11.6 Å². The molecule has 0 aromatic heterocycles. The number of aliphatic hydroxyl groups is 1. The third-order valence-electron chi connectivity index (χ3n) is 4.55. The summed E-state index contributed by atoms with van der Waals surface area (Å²) < 4.78 is 32.6. The van der Waals surface area contributed by atoms with Crippen molar-refractivity contribution in [3.63, 3.8) is 0 Å². The highest BCUT2D eigenvalue weighted by molar-refractivity contribution is 5.92. The molecular weight excluding hydrogens is 366 g/mol. The van der Waals surface area contributed by atoms with E-state index in [1.54, 1.807) is 0 Å². The summed E-state index contributed by atoms with van der Waals surface area (Å²) in [6.45, 7) is 2.55. The van der Waals surface area contributed by atoms with Gasteiger partial charge < -0.3 is 20.1 Å². The van der Waals surface area contributed by atoms with Crippen LogP contribution in [0.1, 0.15) is 17.2 Å². The zero-order valence-electron chi connectivity index (χ0n) is 15.3. The summed E-state index contributed by atoms with van der Waals surface area (Å²) in [6.07, 6.45) is 2.13. The van der Waals surface area contributed by atoms with Crippen molar-refractivity contribution in [2.24, 2.45) is 0 Å². The number of rotatable bonds is 6. The average molecular weight is 388 g/mol. The minimum absolute atomic E-state index is 0.285. The molecule has 28 heavy (non-hydrogen) atoms. The second-order valence-electron chi connectivity index (χ2n) is 6.41. The number of amides is 1. The summed E-state index contributed by atoms with van der Waals surface area (Å²) in [7, 11) is 0. The Morgan fingerprint density at radius 2 is 1.86 bits per heavy atom. The van der Waals surface area contributed by atoms with E-state index in [1.807, 2.05) is 24.3 Å². The van der Waals surface area contributed by atoms with E-state index in [1.165, 1.54) is 6.07 Å². The summed E-state index contributed by atoms with van der Waals surface area (Å²) >= 11 is 0. The number of carbonyl (C=O) groups is 1. The van der Waals surface area contributed by atoms with Gasteiger partial charge in [-0.3, -0.25) is 4.79 Å². The zero-order valence-corrected chi connectivity index (χ0v) is 15.3. The van der Waals surface area contributed by atoms with Crippen molar-refractivity contribution in [3.8, 4) is 0 Å². The van der Waals surface area contributed by atoms with Crippen LogP contribution in [0.3, 0.4) is 0 Å². The van der Waals surface area contributed by atoms with Gasteiger partial charge in [0.2, 0.25) is 5.91 Å². The molecule has 2 N–H and O–H groups in total. The van der Waals surface area contributed by atoms with Crippen LogP contribution in [0.5, 0.6) is 0 Å². The van der Waals surface area contributed by atoms with Crippen molar-refractivity contribution in [1.29, 1.82) is 0 Å². The lowest BCUT2D eigenvalue weighted by molar-refractivity contribution is -0.117. The third kappa shape index (κ3) is 4.94. The van der Waals surface area contributed by atoms with Gasteiger partial charge in [0.05, 0.1) is 25.9 Å². The van der Waals surface area contributed by atoms with E-state index in [0.29, 0.717) is 13.2 Å². The Kier molecular flexibility index (Phi) is 6.73. The quantitative estimate of drug-likeness (QED) is 0.747. The summed E-state index contributed by atoms with van der Waals surface area (Å²) in [5, 5.41) is 12.4. The smallest absolute Gasteiger partial charge is 0.244 e. The molecule has 0 spiro atoms. The first-order chi connectivity index (χ1) is 13.6. The maximum atomic E-state index is 13.6. The summed E-state index contributed by atoms with van der Waals surface area (Å²) in [5.74, 6) is -2.06. The molecule has 7 heteroatoms. The van der Waals surface area contributed by atoms with Gasteiger partial charge in [0.25, 0.3) is 0 Å². The lowest BCUT2D eigenvalue weighted by atomic mass is 10.1. The Morgan fingerprint density at radius 3 is 2.54 bits per heavy atom. The number of hydrogen-bond donors (Lipinski definition) is 2. The van der Waals surface area contributed by atoms with Crippen LogP contribution in [0.4, 0.5) is 14.5 Å². The Labute approximate surface area is 162 Å². The van der Waals surface area contributed by atoms with Gasteiger partial charge in [0.15, 0.2) is 0 Å². The largest absolute Gasteiger partial charge is 0.394 e. The first-order valence-electron chi connectivity index (χ1n) is 9.04. The van der Waals surface area contributed by atoms with Gasteiger partial charge in [-0.25, -0.2) is 8.78 Å². The number of halogens is 2. The predicted octanol–water partition coefficient (Wildman–Crippen LogP) is 2.66. The van der Waals surface area contributed by atoms with Crippen LogP contribution >= 0.6 is 0 Å². The van der Waals surface area contributed by atoms with E-state index in [4.69, 9.17) is 4.74 Å². The fourth-order valence-electron chi connectivity index (χ4n) is 3.04. The molecule has 2 aromatic carbocycles. The molecule has 0 bridgehead atoms. The van der Waals surface area contributed by atoms with Gasteiger partial charge in [0, 0.05) is 30.4 Å². The van der Waals surface area contributed by atoms with Crippen molar-refractivity contribution < 1.29 is 23.4 Å². The number of hydrogen-bond acceptors (Lipinski definition) is 4. The minimum Gasteiger partial charge on any atom is -0.394 e. The number of aliphatic hydroxyl groups excluding tert-OH is 1. The van der Waals surface area contributed by atoms with Gasteiger partial charge in [-0.2, -0.15) is 0 Å². The normalized spacial score (nSPS) is 15.6. The SMILES string of the molecule is O=C(/C=C/c1c(F)cccc1F)N[C@H](CO)c1cccc(N2CCOCC2)c1. The highest BCUT2D eigenvalue weighted by atomic mass is 19.1. The molecule has 1 heterocycles. The molecule has 0 aliphatic carbocycles. The topological polar surface area (TPSA) is 61.8 Å². The van der Waals surface area contributed by atoms with Crippen LogP contribution in [-0.2, 0) is 9.53 Å². The van der Waals surface area contributed by atoms with Crippen LogP contribution < -0.4 is 10.2 Å². The first kappa shape index (κ1) is 20.0. The Balaban J connectivity index is 1.70. The van der Waals surface area contributed by atoms with E-state index in [0.717, 1.165) is 48.6 Å². The number of morpholine rings is 1. The summed E-state index contributed by atoms with van der Waals surface area (Å²) in [5.41, 5.74) is 1.44. The van der Waals surface area contributed by atoms with E-state index in [2.05, 4.69) is 10.2 Å². The standard InChI is InChI=1S/C21H22F2N2O3/c22-18-5-2-6-19(23)17(18)7-8-21(27)24-20(14-26)15-3-1-4-16(13-15)25-9-11-28-12-10-25/h1-8,13,20,26H,9-12,14H2,(H,24,27)/b8-7+/t20-/m1/s1. The number of anilines is 1. The molecule has 1 aliphatic heterocycles. The van der Waals surface area contributed by atoms with E-state index >= 15 is 0 Å². The minimum atomic E-state index is -0.749. The van der Waals surface area contributed by atoms with Crippen molar-refractivity contribution in [2.75, 3.05) is 37.8 Å². The van der Waals surface area contributed by atoms with Gasteiger partial charge in [-0.15, -0.1) is 0 Å². The van der Waals surface area contributed by atoms with E-state index in [-0.39, 0.29) is 12.2 Å².